The van der Waals surface area contributed by atoms with Crippen LogP contribution in [0.25, 0.3) is 0 Å². The lowest BCUT2D eigenvalue weighted by atomic mass is 9.58. The Balaban J connectivity index is 2.21. The van der Waals surface area contributed by atoms with Crippen molar-refractivity contribution in [1.29, 1.82) is 0 Å². The lowest BCUT2D eigenvalue weighted by Gasteiger charge is -2.49. The van der Waals surface area contributed by atoms with Crippen LogP contribution in [-0.2, 0) is 0 Å². The Hall–Kier alpha value is -0.380. The van der Waals surface area contributed by atoms with Crippen LogP contribution in [0.2, 0.25) is 0 Å². The van der Waals surface area contributed by atoms with Gasteiger partial charge < -0.3 is 10.8 Å². The molecule has 1 saturated carbocycles. The van der Waals surface area contributed by atoms with Crippen LogP contribution in [0.3, 0.4) is 0 Å². The molecule has 0 heterocycles. The van der Waals surface area contributed by atoms with Crippen LogP contribution in [0.15, 0.2) is 28.7 Å². The molecule has 1 aromatic rings. The molecule has 0 aromatic heterocycles. The molecule has 1 atom stereocenters. The van der Waals surface area contributed by atoms with Crippen LogP contribution >= 0.6 is 15.9 Å². The molecule has 0 aliphatic heterocycles. The molecule has 0 bridgehead atoms. The van der Waals surface area contributed by atoms with Gasteiger partial charge in [-0.1, -0.05) is 35.0 Å². The van der Waals surface area contributed by atoms with E-state index >= 15 is 0 Å². The van der Waals surface area contributed by atoms with Gasteiger partial charge in [0.25, 0.3) is 0 Å². The van der Waals surface area contributed by atoms with Gasteiger partial charge in [0.2, 0.25) is 0 Å². The minimum Gasteiger partial charge on any atom is -0.388 e. The van der Waals surface area contributed by atoms with Gasteiger partial charge in [0, 0.05) is 16.4 Å². The Morgan fingerprint density at radius 2 is 2.25 bits per heavy atom. The predicted octanol–water partition coefficient (Wildman–Crippen LogP) is 2.86. The minimum absolute atomic E-state index is 0.0970. The third-order valence-corrected chi connectivity index (χ3v) is 4.15. The molecule has 1 aromatic carbocycles. The Morgan fingerprint density at radius 3 is 2.75 bits per heavy atom. The van der Waals surface area contributed by atoms with Crippen molar-refractivity contribution in [1.82, 2.24) is 0 Å². The highest BCUT2D eigenvalue weighted by Gasteiger charge is 2.46. The summed E-state index contributed by atoms with van der Waals surface area (Å²) < 4.78 is 1.00. The summed E-state index contributed by atoms with van der Waals surface area (Å²) >= 11 is 3.43. The van der Waals surface area contributed by atoms with E-state index in [2.05, 4.69) is 22.9 Å². The first-order chi connectivity index (χ1) is 7.57. The lowest BCUT2D eigenvalue weighted by molar-refractivity contribution is -0.0602. The Labute approximate surface area is 105 Å². The molecule has 3 heteroatoms. The summed E-state index contributed by atoms with van der Waals surface area (Å²) in [7, 11) is 0. The average molecular weight is 284 g/mol. The van der Waals surface area contributed by atoms with E-state index in [1.54, 1.807) is 0 Å². The largest absolute Gasteiger partial charge is 0.388 e. The molecular weight excluding hydrogens is 266 g/mol. The van der Waals surface area contributed by atoms with Gasteiger partial charge in [-0.3, -0.25) is 0 Å². The number of benzene rings is 1. The molecular formula is C13H18BrNO. The summed E-state index contributed by atoms with van der Waals surface area (Å²) in [5.41, 5.74) is 6.70. The maximum atomic E-state index is 10.4. The first kappa shape index (κ1) is 12.1. The molecule has 1 aliphatic carbocycles. The maximum Gasteiger partial charge on any atom is 0.0858 e. The number of halogens is 1. The van der Waals surface area contributed by atoms with Gasteiger partial charge in [0.15, 0.2) is 0 Å². The third kappa shape index (κ3) is 2.04. The molecule has 88 valence electrons. The fourth-order valence-corrected chi connectivity index (χ4v) is 3.28. The van der Waals surface area contributed by atoms with Gasteiger partial charge in [0.1, 0.15) is 0 Å². The van der Waals surface area contributed by atoms with E-state index < -0.39 is 6.10 Å². The SMILES string of the molecule is CC1CC(CN)([C@@H](O)c2cccc(Br)c2)C1. The molecule has 0 unspecified atom stereocenters. The van der Waals surface area contributed by atoms with Crippen molar-refractivity contribution in [2.75, 3.05) is 6.54 Å². The number of hydrogen-bond donors (Lipinski definition) is 2. The van der Waals surface area contributed by atoms with E-state index in [1.807, 2.05) is 24.3 Å². The molecule has 2 nitrogen and oxygen atoms in total. The molecule has 16 heavy (non-hydrogen) atoms. The lowest BCUT2D eigenvalue weighted by Crippen LogP contribution is -2.46. The Bertz CT molecular complexity index is 374. The van der Waals surface area contributed by atoms with E-state index in [-0.39, 0.29) is 5.41 Å². The summed E-state index contributed by atoms with van der Waals surface area (Å²) in [5, 5.41) is 10.4. The summed E-state index contributed by atoms with van der Waals surface area (Å²) in [4.78, 5) is 0. The van der Waals surface area contributed by atoms with Gasteiger partial charge in [-0.15, -0.1) is 0 Å². The number of aliphatic hydroxyl groups is 1. The molecule has 0 amide bonds. The van der Waals surface area contributed by atoms with E-state index in [0.717, 1.165) is 22.9 Å². The molecule has 1 fully saturated rings. The quantitative estimate of drug-likeness (QED) is 0.896. The fourth-order valence-electron chi connectivity index (χ4n) is 2.86. The number of hydrogen-bond acceptors (Lipinski definition) is 2. The van der Waals surface area contributed by atoms with Crippen LogP contribution in [0.5, 0.6) is 0 Å². The van der Waals surface area contributed by atoms with Gasteiger partial charge in [0.05, 0.1) is 6.10 Å². The van der Waals surface area contributed by atoms with Crippen molar-refractivity contribution in [3.05, 3.63) is 34.3 Å². The number of nitrogens with two attached hydrogens (primary N) is 1. The first-order valence-electron chi connectivity index (χ1n) is 5.71. The Kier molecular flexibility index (Phi) is 3.38. The summed E-state index contributed by atoms with van der Waals surface area (Å²) in [5.74, 6) is 0.686. The van der Waals surface area contributed by atoms with Crippen LogP contribution in [0.1, 0.15) is 31.4 Å². The first-order valence-corrected chi connectivity index (χ1v) is 6.50. The minimum atomic E-state index is -0.439. The number of rotatable bonds is 3. The van der Waals surface area contributed by atoms with E-state index in [4.69, 9.17) is 5.73 Å². The number of aliphatic hydroxyl groups excluding tert-OH is 1. The summed E-state index contributed by atoms with van der Waals surface area (Å²) in [6.45, 7) is 2.77. The van der Waals surface area contributed by atoms with Crippen molar-refractivity contribution < 1.29 is 5.11 Å². The van der Waals surface area contributed by atoms with Crippen LogP contribution in [0, 0.1) is 11.3 Å². The molecule has 0 radical (unpaired) electrons. The van der Waals surface area contributed by atoms with Crippen molar-refractivity contribution in [3.8, 4) is 0 Å². The zero-order valence-corrected chi connectivity index (χ0v) is 11.1. The van der Waals surface area contributed by atoms with E-state index in [9.17, 15) is 5.11 Å². The molecule has 3 N–H and O–H groups in total. The summed E-state index contributed by atoms with van der Waals surface area (Å²) in [6.07, 6.45) is 1.61. The highest BCUT2D eigenvalue weighted by molar-refractivity contribution is 9.10. The fraction of sp³-hybridized carbons (Fsp3) is 0.538. The molecule has 2 rings (SSSR count). The normalized spacial score (nSPS) is 30.9. The van der Waals surface area contributed by atoms with Crippen molar-refractivity contribution in [3.63, 3.8) is 0 Å². The average Bonchev–Trinajstić information content (AvgIpc) is 2.23. The van der Waals surface area contributed by atoms with Gasteiger partial charge in [-0.05, 0) is 36.5 Å². The van der Waals surface area contributed by atoms with Crippen molar-refractivity contribution >= 4 is 15.9 Å². The highest BCUT2D eigenvalue weighted by atomic mass is 79.9. The van der Waals surface area contributed by atoms with Crippen LogP contribution in [-0.4, -0.2) is 11.7 Å². The topological polar surface area (TPSA) is 46.2 Å². The van der Waals surface area contributed by atoms with E-state index in [0.29, 0.717) is 12.5 Å². The van der Waals surface area contributed by atoms with Crippen LogP contribution < -0.4 is 5.73 Å². The van der Waals surface area contributed by atoms with Crippen LogP contribution in [0.4, 0.5) is 0 Å². The second-order valence-corrected chi connectivity index (χ2v) is 5.95. The third-order valence-electron chi connectivity index (χ3n) is 3.66. The predicted molar refractivity (Wildman–Crippen MR) is 69.0 cm³/mol. The second kappa shape index (κ2) is 4.47. The van der Waals surface area contributed by atoms with Gasteiger partial charge in [-0.2, -0.15) is 0 Å². The Morgan fingerprint density at radius 1 is 1.56 bits per heavy atom. The molecule has 0 saturated heterocycles. The van der Waals surface area contributed by atoms with Gasteiger partial charge >= 0.3 is 0 Å². The molecule has 1 aliphatic rings. The monoisotopic (exact) mass is 283 g/mol. The highest BCUT2D eigenvalue weighted by Crippen LogP contribution is 2.52. The van der Waals surface area contributed by atoms with Gasteiger partial charge in [-0.25, -0.2) is 0 Å². The zero-order valence-electron chi connectivity index (χ0n) is 9.49. The molecule has 0 spiro atoms. The van der Waals surface area contributed by atoms with Crippen molar-refractivity contribution in [2.24, 2.45) is 17.1 Å². The summed E-state index contributed by atoms with van der Waals surface area (Å²) in [6, 6.07) is 7.87. The maximum absolute atomic E-state index is 10.4. The smallest absolute Gasteiger partial charge is 0.0858 e. The standard InChI is InChI=1S/C13H18BrNO/c1-9-6-13(7-9,8-15)12(16)10-3-2-4-11(14)5-10/h2-5,9,12,16H,6-8,15H2,1H3/t9?,12-,13?/m0/s1. The van der Waals surface area contributed by atoms with E-state index in [1.165, 1.54) is 0 Å². The van der Waals surface area contributed by atoms with Crippen molar-refractivity contribution in [2.45, 2.75) is 25.9 Å². The zero-order chi connectivity index (χ0) is 11.8. The second-order valence-electron chi connectivity index (χ2n) is 5.04.